The molecule has 14 heavy (non-hydrogen) atoms. The second-order valence-corrected chi connectivity index (χ2v) is 4.12. The molecule has 2 atom stereocenters. The molecule has 0 radical (unpaired) electrons. The summed E-state index contributed by atoms with van der Waals surface area (Å²) in [5.74, 6) is 0.514. The van der Waals surface area contributed by atoms with Crippen LogP contribution in [0.4, 0.5) is 0 Å². The molecule has 0 saturated carbocycles. The lowest BCUT2D eigenvalue weighted by Gasteiger charge is -2.09. The number of allylic oxidation sites excluding steroid dienone is 1. The SMILES string of the molecule is CC1=C(c2ccccc2)[C@H](O)C[C@H]1C. The monoisotopic (exact) mass is 188 g/mol. The van der Waals surface area contributed by atoms with E-state index in [1.54, 1.807) is 0 Å². The second-order valence-electron chi connectivity index (χ2n) is 4.12. The van der Waals surface area contributed by atoms with E-state index in [2.05, 4.69) is 26.0 Å². The van der Waals surface area contributed by atoms with Gasteiger partial charge in [0.1, 0.15) is 0 Å². The van der Waals surface area contributed by atoms with Gasteiger partial charge >= 0.3 is 0 Å². The first-order valence-corrected chi connectivity index (χ1v) is 5.14. The van der Waals surface area contributed by atoms with Gasteiger partial charge < -0.3 is 5.11 Å². The van der Waals surface area contributed by atoms with Crippen molar-refractivity contribution in [3.63, 3.8) is 0 Å². The Bertz CT molecular complexity index is 351. The van der Waals surface area contributed by atoms with Crippen LogP contribution in [0.2, 0.25) is 0 Å². The molecule has 1 heteroatoms. The maximum Gasteiger partial charge on any atom is 0.0801 e. The van der Waals surface area contributed by atoms with E-state index in [0.717, 1.165) is 12.0 Å². The molecule has 1 aromatic carbocycles. The van der Waals surface area contributed by atoms with Crippen LogP contribution in [0.15, 0.2) is 35.9 Å². The van der Waals surface area contributed by atoms with Gasteiger partial charge in [-0.1, -0.05) is 42.8 Å². The molecule has 0 amide bonds. The highest BCUT2D eigenvalue weighted by molar-refractivity contribution is 5.73. The summed E-state index contributed by atoms with van der Waals surface area (Å²) in [5, 5.41) is 9.93. The van der Waals surface area contributed by atoms with E-state index in [0.29, 0.717) is 5.92 Å². The normalized spacial score (nSPS) is 27.1. The van der Waals surface area contributed by atoms with Gasteiger partial charge in [0.2, 0.25) is 0 Å². The third kappa shape index (κ3) is 1.48. The standard InChI is InChI=1S/C13H16O/c1-9-8-12(14)13(10(9)2)11-6-4-3-5-7-11/h3-7,9,12,14H,8H2,1-2H3/t9-,12-/m1/s1. The molecule has 0 fully saturated rings. The average Bonchev–Trinajstić information content (AvgIpc) is 2.43. The van der Waals surface area contributed by atoms with Crippen molar-refractivity contribution in [2.75, 3.05) is 0 Å². The van der Waals surface area contributed by atoms with Crippen LogP contribution < -0.4 is 0 Å². The Morgan fingerprint density at radius 3 is 2.36 bits per heavy atom. The second kappa shape index (κ2) is 3.58. The number of aliphatic hydroxyl groups excluding tert-OH is 1. The summed E-state index contributed by atoms with van der Waals surface area (Å²) in [4.78, 5) is 0. The van der Waals surface area contributed by atoms with Gasteiger partial charge in [-0.05, 0) is 30.4 Å². The highest BCUT2D eigenvalue weighted by atomic mass is 16.3. The lowest BCUT2D eigenvalue weighted by atomic mass is 10.0. The molecule has 1 N–H and O–H groups in total. The van der Waals surface area contributed by atoms with E-state index in [-0.39, 0.29) is 6.10 Å². The van der Waals surface area contributed by atoms with Crippen LogP contribution in [-0.4, -0.2) is 11.2 Å². The number of hydrogen-bond acceptors (Lipinski definition) is 1. The van der Waals surface area contributed by atoms with Gasteiger partial charge in [-0.2, -0.15) is 0 Å². The van der Waals surface area contributed by atoms with Crippen molar-refractivity contribution >= 4 is 5.57 Å². The molecule has 1 aliphatic carbocycles. The van der Waals surface area contributed by atoms with Crippen molar-refractivity contribution in [1.82, 2.24) is 0 Å². The average molecular weight is 188 g/mol. The zero-order chi connectivity index (χ0) is 10.1. The fourth-order valence-electron chi connectivity index (χ4n) is 2.20. The third-order valence-corrected chi connectivity index (χ3v) is 3.16. The largest absolute Gasteiger partial charge is 0.388 e. The summed E-state index contributed by atoms with van der Waals surface area (Å²) < 4.78 is 0. The fourth-order valence-corrected chi connectivity index (χ4v) is 2.20. The van der Waals surface area contributed by atoms with Gasteiger partial charge in [0.15, 0.2) is 0 Å². The zero-order valence-electron chi connectivity index (χ0n) is 8.70. The predicted octanol–water partition coefficient (Wildman–Crippen LogP) is 2.86. The third-order valence-electron chi connectivity index (χ3n) is 3.16. The van der Waals surface area contributed by atoms with Crippen LogP contribution in [0.1, 0.15) is 25.8 Å². The van der Waals surface area contributed by atoms with Crippen molar-refractivity contribution in [2.24, 2.45) is 5.92 Å². The molecule has 0 heterocycles. The minimum Gasteiger partial charge on any atom is -0.388 e. The molecule has 0 saturated heterocycles. The van der Waals surface area contributed by atoms with Crippen molar-refractivity contribution in [2.45, 2.75) is 26.4 Å². The van der Waals surface area contributed by atoms with E-state index in [4.69, 9.17) is 0 Å². The Hall–Kier alpha value is -1.08. The van der Waals surface area contributed by atoms with Crippen molar-refractivity contribution in [3.05, 3.63) is 41.5 Å². The van der Waals surface area contributed by atoms with Crippen LogP contribution in [0.5, 0.6) is 0 Å². The lowest BCUT2D eigenvalue weighted by molar-refractivity contribution is 0.220. The quantitative estimate of drug-likeness (QED) is 0.718. The summed E-state index contributed by atoms with van der Waals surface area (Å²) in [6.07, 6.45) is 0.600. The maximum absolute atomic E-state index is 9.93. The zero-order valence-corrected chi connectivity index (χ0v) is 8.70. The Morgan fingerprint density at radius 1 is 1.21 bits per heavy atom. The molecule has 1 nitrogen and oxygen atoms in total. The predicted molar refractivity (Wildman–Crippen MR) is 58.8 cm³/mol. The molecule has 1 aliphatic rings. The molecule has 74 valence electrons. The van der Waals surface area contributed by atoms with Crippen LogP contribution in [0.25, 0.3) is 5.57 Å². The van der Waals surface area contributed by atoms with E-state index in [9.17, 15) is 5.11 Å². The number of aliphatic hydroxyl groups is 1. The minimum atomic E-state index is -0.271. The molecular formula is C13H16O. The maximum atomic E-state index is 9.93. The van der Waals surface area contributed by atoms with Gasteiger partial charge in [0.25, 0.3) is 0 Å². The first-order valence-electron chi connectivity index (χ1n) is 5.14. The van der Waals surface area contributed by atoms with Crippen molar-refractivity contribution in [3.8, 4) is 0 Å². The lowest BCUT2D eigenvalue weighted by Crippen LogP contribution is -2.04. The van der Waals surface area contributed by atoms with Crippen molar-refractivity contribution < 1.29 is 5.11 Å². The van der Waals surface area contributed by atoms with E-state index in [1.165, 1.54) is 11.1 Å². The smallest absolute Gasteiger partial charge is 0.0801 e. The number of benzene rings is 1. The summed E-state index contributed by atoms with van der Waals surface area (Å²) in [7, 11) is 0. The Kier molecular flexibility index (Phi) is 2.42. The van der Waals surface area contributed by atoms with Gasteiger partial charge in [-0.25, -0.2) is 0 Å². The van der Waals surface area contributed by atoms with Crippen LogP contribution >= 0.6 is 0 Å². The van der Waals surface area contributed by atoms with Crippen LogP contribution in [0.3, 0.4) is 0 Å². The van der Waals surface area contributed by atoms with E-state index < -0.39 is 0 Å². The van der Waals surface area contributed by atoms with Crippen LogP contribution in [0, 0.1) is 5.92 Å². The summed E-state index contributed by atoms with van der Waals surface area (Å²) in [6, 6.07) is 10.2. The first kappa shape index (κ1) is 9.47. The molecular weight excluding hydrogens is 172 g/mol. The highest BCUT2D eigenvalue weighted by Crippen LogP contribution is 2.37. The minimum absolute atomic E-state index is 0.271. The summed E-state index contributed by atoms with van der Waals surface area (Å²) >= 11 is 0. The van der Waals surface area contributed by atoms with Crippen molar-refractivity contribution in [1.29, 1.82) is 0 Å². The van der Waals surface area contributed by atoms with E-state index in [1.807, 2.05) is 18.2 Å². The van der Waals surface area contributed by atoms with Gasteiger partial charge in [0, 0.05) is 0 Å². The topological polar surface area (TPSA) is 20.2 Å². The summed E-state index contributed by atoms with van der Waals surface area (Å²) in [6.45, 7) is 4.30. The molecule has 0 aliphatic heterocycles. The fraction of sp³-hybridized carbons (Fsp3) is 0.385. The number of rotatable bonds is 1. The molecule has 1 aromatic rings. The summed E-state index contributed by atoms with van der Waals surface area (Å²) in [5.41, 5.74) is 3.64. The molecule has 0 bridgehead atoms. The number of hydrogen-bond donors (Lipinski definition) is 1. The van der Waals surface area contributed by atoms with Crippen LogP contribution in [-0.2, 0) is 0 Å². The Morgan fingerprint density at radius 2 is 1.86 bits per heavy atom. The molecule has 0 aromatic heterocycles. The first-order chi connectivity index (χ1) is 6.70. The van der Waals surface area contributed by atoms with Gasteiger partial charge in [-0.15, -0.1) is 0 Å². The van der Waals surface area contributed by atoms with E-state index >= 15 is 0 Å². The Labute approximate surface area is 85.1 Å². The molecule has 0 spiro atoms. The van der Waals surface area contributed by atoms with Gasteiger partial charge in [-0.3, -0.25) is 0 Å². The highest BCUT2D eigenvalue weighted by Gasteiger charge is 2.27. The van der Waals surface area contributed by atoms with Gasteiger partial charge in [0.05, 0.1) is 6.10 Å². The molecule has 0 unspecified atom stereocenters. The Balaban J connectivity index is 2.44. The molecule has 2 rings (SSSR count).